The Labute approximate surface area is 123 Å². The van der Waals surface area contributed by atoms with Crippen molar-refractivity contribution in [2.75, 3.05) is 0 Å². The third-order valence-corrected chi connectivity index (χ3v) is 4.47. The number of primary amides is 1. The first kappa shape index (κ1) is 16.7. The van der Waals surface area contributed by atoms with Gasteiger partial charge in [0.1, 0.15) is 0 Å². The van der Waals surface area contributed by atoms with Crippen molar-refractivity contribution < 1.29 is 4.79 Å². The van der Waals surface area contributed by atoms with Crippen molar-refractivity contribution in [1.29, 1.82) is 0 Å². The van der Waals surface area contributed by atoms with Gasteiger partial charge in [-0.2, -0.15) is 0 Å². The molecule has 112 valence electrons. The van der Waals surface area contributed by atoms with Gasteiger partial charge in [-0.3, -0.25) is 4.79 Å². The first-order chi connectivity index (χ1) is 9.24. The molecular weight excluding hydrogens is 246 g/mol. The van der Waals surface area contributed by atoms with Crippen LogP contribution in [0.4, 0.5) is 0 Å². The normalized spacial score (nSPS) is 17.0. The summed E-state index contributed by atoms with van der Waals surface area (Å²) in [5.41, 5.74) is 9.15. The molecule has 0 heterocycles. The first-order valence-corrected chi connectivity index (χ1v) is 7.59. The molecule has 0 saturated heterocycles. The van der Waals surface area contributed by atoms with Gasteiger partial charge < -0.3 is 5.73 Å². The maximum absolute atomic E-state index is 11.1. The lowest BCUT2D eigenvalue weighted by molar-refractivity contribution is -0.114. The summed E-state index contributed by atoms with van der Waals surface area (Å²) < 4.78 is 0. The van der Waals surface area contributed by atoms with Crippen LogP contribution in [0.5, 0.6) is 0 Å². The predicted molar refractivity (Wildman–Crippen MR) is 86.2 cm³/mol. The maximum Gasteiger partial charge on any atom is 0.244 e. The average molecular weight is 275 g/mol. The van der Waals surface area contributed by atoms with Crippen LogP contribution in [0.1, 0.15) is 60.3 Å². The summed E-state index contributed by atoms with van der Waals surface area (Å²) >= 11 is 0. The van der Waals surface area contributed by atoms with Crippen LogP contribution >= 0.6 is 0 Å². The monoisotopic (exact) mass is 275 g/mol. The van der Waals surface area contributed by atoms with Crippen LogP contribution in [0, 0.1) is 11.3 Å². The lowest BCUT2D eigenvalue weighted by Gasteiger charge is -2.29. The SMILES string of the molecule is C/C(=C\CCC(C)(C)C1=CCC(C(N)=O)=CC1)C(C)C. The lowest BCUT2D eigenvalue weighted by Crippen LogP contribution is -2.19. The molecule has 0 spiro atoms. The summed E-state index contributed by atoms with van der Waals surface area (Å²) in [5.74, 6) is 0.349. The third kappa shape index (κ3) is 4.66. The molecule has 2 heteroatoms. The van der Waals surface area contributed by atoms with Crippen molar-refractivity contribution in [2.45, 2.75) is 60.3 Å². The van der Waals surface area contributed by atoms with Gasteiger partial charge in [-0.1, -0.05) is 57.1 Å². The van der Waals surface area contributed by atoms with Gasteiger partial charge in [0.25, 0.3) is 0 Å². The van der Waals surface area contributed by atoms with Gasteiger partial charge >= 0.3 is 0 Å². The van der Waals surface area contributed by atoms with E-state index in [0.29, 0.717) is 12.3 Å². The molecule has 1 aliphatic carbocycles. The minimum Gasteiger partial charge on any atom is -0.366 e. The van der Waals surface area contributed by atoms with E-state index in [9.17, 15) is 4.79 Å². The maximum atomic E-state index is 11.1. The van der Waals surface area contributed by atoms with Crippen molar-refractivity contribution >= 4 is 5.91 Å². The van der Waals surface area contributed by atoms with Crippen LogP contribution in [0.15, 0.2) is 34.9 Å². The zero-order valence-electron chi connectivity index (χ0n) is 13.6. The highest BCUT2D eigenvalue weighted by Crippen LogP contribution is 2.37. The molecule has 2 N–H and O–H groups in total. The number of nitrogens with two attached hydrogens (primary N) is 1. The van der Waals surface area contributed by atoms with Crippen molar-refractivity contribution in [2.24, 2.45) is 17.1 Å². The Bertz CT molecular complexity index is 450. The Morgan fingerprint density at radius 2 is 2.00 bits per heavy atom. The van der Waals surface area contributed by atoms with E-state index in [-0.39, 0.29) is 11.3 Å². The van der Waals surface area contributed by atoms with Gasteiger partial charge in [0.2, 0.25) is 5.91 Å². The van der Waals surface area contributed by atoms with E-state index in [4.69, 9.17) is 5.73 Å². The molecule has 0 aliphatic heterocycles. The second-order valence-corrected chi connectivity index (χ2v) is 6.76. The van der Waals surface area contributed by atoms with E-state index in [1.165, 1.54) is 11.1 Å². The van der Waals surface area contributed by atoms with Crippen LogP contribution in [0.3, 0.4) is 0 Å². The highest BCUT2D eigenvalue weighted by atomic mass is 16.1. The van der Waals surface area contributed by atoms with Crippen LogP contribution in [-0.2, 0) is 4.79 Å². The summed E-state index contributed by atoms with van der Waals surface area (Å²) in [7, 11) is 0. The molecule has 1 aliphatic rings. The van der Waals surface area contributed by atoms with Crippen LogP contribution in [0.25, 0.3) is 0 Å². The van der Waals surface area contributed by atoms with E-state index < -0.39 is 0 Å². The second-order valence-electron chi connectivity index (χ2n) is 6.76. The number of hydrogen-bond donors (Lipinski definition) is 1. The molecule has 0 bridgehead atoms. The van der Waals surface area contributed by atoms with Gasteiger partial charge in [0.15, 0.2) is 0 Å². The van der Waals surface area contributed by atoms with Gasteiger partial charge in [-0.25, -0.2) is 0 Å². The molecular formula is C18H29NO. The number of carbonyl (C=O) groups excluding carboxylic acids is 1. The van der Waals surface area contributed by atoms with E-state index in [1.807, 2.05) is 6.08 Å². The van der Waals surface area contributed by atoms with Crippen molar-refractivity contribution in [1.82, 2.24) is 0 Å². The summed E-state index contributed by atoms with van der Waals surface area (Å²) in [5, 5.41) is 0. The fraction of sp³-hybridized carbons (Fsp3) is 0.611. The van der Waals surface area contributed by atoms with Gasteiger partial charge in [0.05, 0.1) is 0 Å². The Balaban J connectivity index is 2.58. The summed E-state index contributed by atoms with van der Waals surface area (Å²) in [6, 6.07) is 0. The Morgan fingerprint density at radius 3 is 2.45 bits per heavy atom. The minimum absolute atomic E-state index is 0.188. The van der Waals surface area contributed by atoms with E-state index in [0.717, 1.165) is 24.8 Å². The molecule has 0 aromatic carbocycles. The number of allylic oxidation sites excluding steroid dienone is 5. The lowest BCUT2D eigenvalue weighted by atomic mass is 9.76. The Hall–Kier alpha value is -1.31. The molecule has 20 heavy (non-hydrogen) atoms. The first-order valence-electron chi connectivity index (χ1n) is 7.59. The topological polar surface area (TPSA) is 43.1 Å². The smallest absolute Gasteiger partial charge is 0.244 e. The number of amides is 1. The second kappa shape index (κ2) is 6.92. The molecule has 0 fully saturated rings. The molecule has 2 nitrogen and oxygen atoms in total. The zero-order chi connectivity index (χ0) is 15.3. The van der Waals surface area contributed by atoms with E-state index in [1.54, 1.807) is 0 Å². The van der Waals surface area contributed by atoms with Gasteiger partial charge in [-0.05, 0) is 43.9 Å². The molecule has 0 aromatic rings. The molecule has 1 rings (SSSR count). The zero-order valence-corrected chi connectivity index (χ0v) is 13.6. The van der Waals surface area contributed by atoms with Gasteiger partial charge in [0, 0.05) is 5.57 Å². The minimum atomic E-state index is -0.284. The Morgan fingerprint density at radius 1 is 1.35 bits per heavy atom. The standard InChI is InChI=1S/C18H29NO/c1-13(2)14(3)7-6-12-18(4,5)16-10-8-15(9-11-16)17(19)20/h7-8,11,13H,6,9-10,12H2,1-5H3,(H2,19,20)/b14-7+. The molecule has 0 aromatic heterocycles. The number of hydrogen-bond acceptors (Lipinski definition) is 1. The highest BCUT2D eigenvalue weighted by molar-refractivity contribution is 5.92. The number of rotatable bonds is 6. The van der Waals surface area contributed by atoms with Crippen molar-refractivity contribution in [3.63, 3.8) is 0 Å². The highest BCUT2D eigenvalue weighted by Gasteiger charge is 2.24. The average Bonchev–Trinajstić information content (AvgIpc) is 2.38. The van der Waals surface area contributed by atoms with Gasteiger partial charge in [-0.15, -0.1) is 0 Å². The largest absolute Gasteiger partial charge is 0.366 e. The predicted octanol–water partition coefficient (Wildman–Crippen LogP) is 4.53. The van der Waals surface area contributed by atoms with E-state index >= 15 is 0 Å². The quantitative estimate of drug-likeness (QED) is 0.711. The molecule has 1 amide bonds. The number of carbonyl (C=O) groups is 1. The summed E-state index contributed by atoms with van der Waals surface area (Å²) in [6.45, 7) is 11.3. The molecule has 0 atom stereocenters. The fourth-order valence-corrected chi connectivity index (χ4v) is 2.44. The van der Waals surface area contributed by atoms with Crippen LogP contribution in [0.2, 0.25) is 0 Å². The molecule has 0 saturated carbocycles. The molecule has 0 radical (unpaired) electrons. The summed E-state index contributed by atoms with van der Waals surface area (Å²) in [4.78, 5) is 11.1. The van der Waals surface area contributed by atoms with Crippen LogP contribution < -0.4 is 5.73 Å². The van der Waals surface area contributed by atoms with Crippen molar-refractivity contribution in [3.8, 4) is 0 Å². The molecule has 0 unspecified atom stereocenters. The summed E-state index contributed by atoms with van der Waals surface area (Å²) in [6.07, 6.45) is 10.4. The van der Waals surface area contributed by atoms with Crippen LogP contribution in [-0.4, -0.2) is 5.91 Å². The third-order valence-electron chi connectivity index (χ3n) is 4.47. The Kier molecular flexibility index (Phi) is 5.79. The van der Waals surface area contributed by atoms with Crippen molar-refractivity contribution in [3.05, 3.63) is 34.9 Å². The fourth-order valence-electron chi connectivity index (χ4n) is 2.44. The van der Waals surface area contributed by atoms with E-state index in [2.05, 4.69) is 46.8 Å².